The fraction of sp³-hybridized carbons (Fsp3) is 0.526. The number of carbonyl (C=O) groups is 1. The molecule has 9 heteroatoms. The topological polar surface area (TPSA) is 93.4 Å². The fourth-order valence-electron chi connectivity index (χ4n) is 3.81. The molecule has 2 aliphatic rings. The first-order chi connectivity index (χ1) is 13.2. The van der Waals surface area contributed by atoms with E-state index in [0.717, 1.165) is 6.42 Å². The Labute approximate surface area is 163 Å². The van der Waals surface area contributed by atoms with Gasteiger partial charge in [-0.3, -0.25) is 9.36 Å². The maximum Gasteiger partial charge on any atom is 0.410 e. The van der Waals surface area contributed by atoms with Crippen molar-refractivity contribution in [2.24, 2.45) is 7.05 Å². The molecule has 9 nitrogen and oxygen atoms in total. The highest BCUT2D eigenvalue weighted by molar-refractivity contribution is 5.70. The molecule has 0 aromatic carbocycles. The summed E-state index contributed by atoms with van der Waals surface area (Å²) in [6, 6.07) is 3.37. The predicted octanol–water partition coefficient (Wildman–Crippen LogP) is 1.44. The lowest BCUT2D eigenvalue weighted by atomic mass is 10.2. The molecule has 1 unspecified atom stereocenters. The minimum absolute atomic E-state index is 0.0551. The van der Waals surface area contributed by atoms with Crippen molar-refractivity contribution in [2.45, 2.75) is 44.9 Å². The minimum atomic E-state index is -0.518. The Balaban J connectivity index is 1.58. The van der Waals surface area contributed by atoms with Gasteiger partial charge >= 0.3 is 6.09 Å². The van der Waals surface area contributed by atoms with Gasteiger partial charge in [0.1, 0.15) is 11.9 Å². The van der Waals surface area contributed by atoms with Crippen molar-refractivity contribution >= 4 is 12.0 Å². The molecule has 4 rings (SSSR count). The lowest BCUT2D eigenvalue weighted by Crippen LogP contribution is -2.51. The molecule has 0 saturated carbocycles. The van der Waals surface area contributed by atoms with Crippen LogP contribution in [0.2, 0.25) is 0 Å². The number of likely N-dealkylation sites (tertiary alicyclic amines) is 1. The maximum atomic E-state index is 12.5. The van der Waals surface area contributed by atoms with Crippen LogP contribution in [0.15, 0.2) is 29.5 Å². The second kappa shape index (κ2) is 6.57. The molecular weight excluding hydrogens is 360 g/mol. The summed E-state index contributed by atoms with van der Waals surface area (Å²) in [4.78, 5) is 41.7. The first-order valence-corrected chi connectivity index (χ1v) is 9.33. The Morgan fingerprint density at radius 1 is 1.21 bits per heavy atom. The van der Waals surface area contributed by atoms with Gasteiger partial charge in [-0.2, -0.15) is 0 Å². The van der Waals surface area contributed by atoms with Crippen LogP contribution >= 0.6 is 0 Å². The monoisotopic (exact) mass is 384 g/mol. The van der Waals surface area contributed by atoms with E-state index in [9.17, 15) is 9.59 Å². The van der Waals surface area contributed by atoms with E-state index in [1.165, 1.54) is 12.4 Å². The maximum absolute atomic E-state index is 12.5. The van der Waals surface area contributed by atoms with Crippen LogP contribution in [-0.2, 0) is 11.8 Å². The summed E-state index contributed by atoms with van der Waals surface area (Å²) in [5.74, 6) is 0.595. The lowest BCUT2D eigenvalue weighted by molar-refractivity contribution is 0.0214. The number of carbonyl (C=O) groups excluding carboxylic acids is 1. The Morgan fingerprint density at radius 2 is 2.00 bits per heavy atom. The van der Waals surface area contributed by atoms with Crippen molar-refractivity contribution in [3.8, 4) is 11.4 Å². The number of hydrogen-bond acceptors (Lipinski definition) is 7. The first kappa shape index (κ1) is 18.4. The van der Waals surface area contributed by atoms with E-state index in [0.29, 0.717) is 30.4 Å². The molecule has 4 heterocycles. The third-order valence-corrected chi connectivity index (χ3v) is 5.08. The van der Waals surface area contributed by atoms with Crippen LogP contribution in [0.4, 0.5) is 10.7 Å². The van der Waals surface area contributed by atoms with Gasteiger partial charge in [0, 0.05) is 32.4 Å². The predicted molar refractivity (Wildman–Crippen MR) is 103 cm³/mol. The first-order valence-electron chi connectivity index (χ1n) is 9.33. The van der Waals surface area contributed by atoms with Crippen LogP contribution in [0.3, 0.4) is 0 Å². The molecule has 2 bridgehead atoms. The molecule has 2 saturated heterocycles. The van der Waals surface area contributed by atoms with E-state index in [-0.39, 0.29) is 23.7 Å². The van der Waals surface area contributed by atoms with E-state index in [1.54, 1.807) is 28.8 Å². The van der Waals surface area contributed by atoms with Gasteiger partial charge in [-0.1, -0.05) is 0 Å². The summed E-state index contributed by atoms with van der Waals surface area (Å²) >= 11 is 0. The van der Waals surface area contributed by atoms with Crippen molar-refractivity contribution in [3.05, 3.63) is 35.0 Å². The summed E-state index contributed by atoms with van der Waals surface area (Å²) in [5, 5.41) is 0. The van der Waals surface area contributed by atoms with Crippen LogP contribution in [0, 0.1) is 0 Å². The summed E-state index contributed by atoms with van der Waals surface area (Å²) in [7, 11) is 1.71. The molecule has 2 fully saturated rings. The highest BCUT2D eigenvalue weighted by Crippen LogP contribution is 2.34. The molecule has 2 aromatic heterocycles. The Bertz CT molecular complexity index is 952. The van der Waals surface area contributed by atoms with Gasteiger partial charge in [-0.15, -0.1) is 0 Å². The zero-order valence-electron chi connectivity index (χ0n) is 16.5. The van der Waals surface area contributed by atoms with Gasteiger partial charge in [-0.25, -0.2) is 19.7 Å². The molecule has 28 heavy (non-hydrogen) atoms. The SMILES string of the molecule is Cn1c(N2C[C@@H]3CC2CN3C(=O)OC(C)(C)C)nc(-c2ccncn2)cc1=O. The zero-order chi connectivity index (χ0) is 20.1. The number of hydrogen-bond donors (Lipinski definition) is 0. The molecule has 0 aliphatic carbocycles. The standard InChI is InChI=1S/C19H24N6O3/c1-19(2,3)28-18(27)25-10-12-7-13(25)9-24(12)17-22-15(8-16(26)23(17)4)14-5-6-20-11-21-14/h5-6,8,11-13H,7,9-10H2,1-4H3/t12?,13-/m0/s1. The average molecular weight is 384 g/mol. The molecule has 0 spiro atoms. The zero-order valence-corrected chi connectivity index (χ0v) is 16.5. The molecular formula is C19H24N6O3. The molecule has 2 aromatic rings. The van der Waals surface area contributed by atoms with Crippen molar-refractivity contribution in [1.29, 1.82) is 0 Å². The van der Waals surface area contributed by atoms with Gasteiger partial charge in [0.15, 0.2) is 0 Å². The second-order valence-electron chi connectivity index (χ2n) is 8.26. The summed E-state index contributed by atoms with van der Waals surface area (Å²) in [5.41, 5.74) is 0.460. The number of piperazine rings is 1. The van der Waals surface area contributed by atoms with Gasteiger partial charge < -0.3 is 14.5 Å². The Hall–Kier alpha value is -2.97. The van der Waals surface area contributed by atoms with Crippen LogP contribution in [0.5, 0.6) is 0 Å². The average Bonchev–Trinajstić information content (AvgIpc) is 3.24. The fourth-order valence-corrected chi connectivity index (χ4v) is 3.81. The van der Waals surface area contributed by atoms with Crippen molar-refractivity contribution < 1.29 is 9.53 Å². The largest absolute Gasteiger partial charge is 0.444 e. The number of amides is 1. The van der Waals surface area contributed by atoms with E-state index < -0.39 is 5.60 Å². The van der Waals surface area contributed by atoms with Gasteiger partial charge in [-0.05, 0) is 33.3 Å². The molecule has 0 N–H and O–H groups in total. The number of rotatable bonds is 2. The number of aromatic nitrogens is 4. The van der Waals surface area contributed by atoms with Crippen LogP contribution in [-0.4, -0.2) is 61.3 Å². The lowest BCUT2D eigenvalue weighted by Gasteiger charge is -2.36. The quantitative estimate of drug-likeness (QED) is 0.773. The van der Waals surface area contributed by atoms with E-state index in [1.807, 2.05) is 20.8 Å². The second-order valence-corrected chi connectivity index (χ2v) is 8.26. The Kier molecular flexibility index (Phi) is 4.32. The van der Waals surface area contributed by atoms with E-state index in [2.05, 4.69) is 14.9 Å². The van der Waals surface area contributed by atoms with E-state index >= 15 is 0 Å². The van der Waals surface area contributed by atoms with Crippen LogP contribution < -0.4 is 10.5 Å². The molecule has 148 valence electrons. The minimum Gasteiger partial charge on any atom is -0.444 e. The van der Waals surface area contributed by atoms with Crippen molar-refractivity contribution in [1.82, 2.24) is 24.4 Å². The normalized spacial score (nSPS) is 21.3. The third kappa shape index (κ3) is 3.32. The highest BCUT2D eigenvalue weighted by Gasteiger charge is 2.47. The Morgan fingerprint density at radius 3 is 2.61 bits per heavy atom. The van der Waals surface area contributed by atoms with E-state index in [4.69, 9.17) is 9.72 Å². The number of ether oxygens (including phenoxy) is 1. The van der Waals surface area contributed by atoms with Crippen molar-refractivity contribution in [3.63, 3.8) is 0 Å². The van der Waals surface area contributed by atoms with Crippen molar-refractivity contribution in [2.75, 3.05) is 18.0 Å². The van der Waals surface area contributed by atoms with Crippen LogP contribution in [0.25, 0.3) is 11.4 Å². The molecule has 1 amide bonds. The highest BCUT2D eigenvalue weighted by atomic mass is 16.6. The number of fused-ring (bicyclic) bond motifs is 2. The summed E-state index contributed by atoms with van der Waals surface area (Å²) in [6.45, 7) is 6.78. The van der Waals surface area contributed by atoms with Gasteiger partial charge in [0.25, 0.3) is 5.56 Å². The molecule has 2 atom stereocenters. The molecule has 0 radical (unpaired) electrons. The van der Waals surface area contributed by atoms with Gasteiger partial charge in [0.2, 0.25) is 5.95 Å². The third-order valence-electron chi connectivity index (χ3n) is 5.08. The summed E-state index contributed by atoms with van der Waals surface area (Å²) in [6.07, 6.45) is 3.62. The summed E-state index contributed by atoms with van der Waals surface area (Å²) < 4.78 is 7.06. The van der Waals surface area contributed by atoms with Gasteiger partial charge in [0.05, 0.1) is 23.5 Å². The smallest absolute Gasteiger partial charge is 0.410 e. The van der Waals surface area contributed by atoms with Crippen LogP contribution in [0.1, 0.15) is 27.2 Å². The number of nitrogens with zero attached hydrogens (tertiary/aromatic N) is 6. The number of anilines is 1. The molecule has 2 aliphatic heterocycles.